The number of ether oxygens (including phenoxy) is 2. The molecule has 0 amide bonds. The fraction of sp³-hybridized carbons (Fsp3) is 0.421. The highest BCUT2D eigenvalue weighted by molar-refractivity contribution is 5.99. The molecule has 10 heteroatoms. The van der Waals surface area contributed by atoms with E-state index in [1.165, 1.54) is 0 Å². The Morgan fingerprint density at radius 2 is 1.72 bits per heavy atom. The molecule has 2 rings (SSSR count). The highest BCUT2D eigenvalue weighted by Crippen LogP contribution is 2.39. The third kappa shape index (κ3) is 5.53. The normalized spacial score (nSPS) is 16.4. The molecule has 2 heterocycles. The zero-order valence-electron chi connectivity index (χ0n) is 16.6. The zero-order chi connectivity index (χ0) is 21.6. The lowest BCUT2D eigenvalue weighted by atomic mass is 9.80. The summed E-state index contributed by atoms with van der Waals surface area (Å²) in [4.78, 5) is 44.0. The lowest BCUT2D eigenvalue weighted by Gasteiger charge is -2.30. The molecule has 0 fully saturated rings. The molecule has 0 aliphatic carbocycles. The van der Waals surface area contributed by atoms with Crippen LogP contribution < -0.4 is 5.32 Å². The first kappa shape index (κ1) is 21.9. The van der Waals surface area contributed by atoms with Gasteiger partial charge >= 0.3 is 11.9 Å². The van der Waals surface area contributed by atoms with Gasteiger partial charge < -0.3 is 19.6 Å². The molecule has 29 heavy (non-hydrogen) atoms. The number of rotatable bonds is 8. The van der Waals surface area contributed by atoms with Crippen LogP contribution in [0.15, 0.2) is 47.1 Å². The van der Waals surface area contributed by atoms with E-state index in [2.05, 4.69) is 15.1 Å². The van der Waals surface area contributed by atoms with Crippen LogP contribution in [0, 0.1) is 10.1 Å². The van der Waals surface area contributed by atoms with Crippen molar-refractivity contribution in [2.45, 2.75) is 39.7 Å². The van der Waals surface area contributed by atoms with E-state index in [1.54, 1.807) is 52.2 Å². The van der Waals surface area contributed by atoms with Crippen molar-refractivity contribution in [3.63, 3.8) is 0 Å². The maximum Gasteiger partial charge on any atom is 0.337 e. The molecule has 1 aromatic heterocycles. The van der Waals surface area contributed by atoms with Gasteiger partial charge in [-0.05, 0) is 45.4 Å². The second-order valence-electron chi connectivity index (χ2n) is 6.56. The number of carbonyl (C=O) groups excluding carboxylic acids is 2. The Labute approximate surface area is 167 Å². The van der Waals surface area contributed by atoms with E-state index in [0.29, 0.717) is 17.0 Å². The number of hydrogen-bond donors (Lipinski definition) is 1. The van der Waals surface area contributed by atoms with Crippen LogP contribution in [0.3, 0.4) is 0 Å². The van der Waals surface area contributed by atoms with Gasteiger partial charge in [0.1, 0.15) is 13.2 Å². The third-order valence-corrected chi connectivity index (χ3v) is 4.10. The Morgan fingerprint density at radius 3 is 2.28 bits per heavy atom. The summed E-state index contributed by atoms with van der Waals surface area (Å²) in [5.41, 5.74) is 2.21. The minimum atomic E-state index is -0.966. The van der Waals surface area contributed by atoms with Gasteiger partial charge in [0.15, 0.2) is 0 Å². The Kier molecular flexibility index (Phi) is 7.29. The number of nitrogens with one attached hydrogen (secondary N) is 1. The van der Waals surface area contributed by atoms with Gasteiger partial charge in [-0.2, -0.15) is 0 Å². The molecule has 1 aromatic rings. The number of pyridine rings is 1. The lowest BCUT2D eigenvalue weighted by molar-refractivity contribution is -0.757. The highest BCUT2D eigenvalue weighted by Gasteiger charge is 2.38. The first-order valence-corrected chi connectivity index (χ1v) is 8.96. The Balaban J connectivity index is 2.39. The summed E-state index contributed by atoms with van der Waals surface area (Å²) in [5.74, 6) is -2.01. The summed E-state index contributed by atoms with van der Waals surface area (Å²) in [7, 11) is 0. The largest absolute Gasteiger partial charge is 0.460 e. The molecule has 1 aliphatic heterocycles. The van der Waals surface area contributed by atoms with Crippen LogP contribution in [0.2, 0.25) is 0 Å². The predicted octanol–water partition coefficient (Wildman–Crippen LogP) is 2.02. The van der Waals surface area contributed by atoms with Crippen LogP contribution in [0.5, 0.6) is 0 Å². The van der Waals surface area contributed by atoms with E-state index >= 15 is 0 Å². The summed E-state index contributed by atoms with van der Waals surface area (Å²) in [6.07, 6.45) is 2.77. The van der Waals surface area contributed by atoms with Crippen molar-refractivity contribution in [3.05, 3.63) is 62.7 Å². The van der Waals surface area contributed by atoms with E-state index in [1.807, 2.05) is 0 Å². The highest BCUT2D eigenvalue weighted by atomic mass is 17.0. The molecule has 0 aromatic carbocycles. The molecule has 0 bridgehead atoms. The number of hydrogen-bond acceptors (Lipinski definition) is 9. The Bertz CT molecular complexity index is 847. The first-order valence-electron chi connectivity index (χ1n) is 8.96. The molecule has 0 saturated carbocycles. The van der Waals surface area contributed by atoms with Crippen molar-refractivity contribution in [2.75, 3.05) is 13.2 Å². The van der Waals surface area contributed by atoms with E-state index < -0.39 is 29.6 Å². The second kappa shape index (κ2) is 9.67. The zero-order valence-corrected chi connectivity index (χ0v) is 16.6. The van der Waals surface area contributed by atoms with Gasteiger partial charge in [-0.3, -0.25) is 4.98 Å². The molecule has 10 nitrogen and oxygen atoms in total. The van der Waals surface area contributed by atoms with Gasteiger partial charge in [-0.25, -0.2) is 9.59 Å². The van der Waals surface area contributed by atoms with Gasteiger partial charge in [0.25, 0.3) is 5.09 Å². The van der Waals surface area contributed by atoms with Crippen molar-refractivity contribution >= 4 is 11.9 Å². The minimum absolute atomic E-state index is 0.207. The van der Waals surface area contributed by atoms with E-state index in [-0.39, 0.29) is 23.9 Å². The lowest BCUT2D eigenvalue weighted by Crippen LogP contribution is -2.33. The van der Waals surface area contributed by atoms with E-state index in [0.717, 1.165) is 0 Å². The SMILES string of the molecule is CC1=C(C(=O)OCCO[N+](=O)[O-])C(c2ccncc2)C(C(=O)OC(C)C)=C(C)N1. The standard InChI is InChI=1S/C19H23N3O7/c1-11(2)29-19(24)16-13(4)21-12(3)15(17(16)14-5-7-20-8-6-14)18(23)27-9-10-28-22(25)26/h5-8,11,17,21H,9-10H2,1-4H3. The van der Waals surface area contributed by atoms with Gasteiger partial charge in [0.05, 0.1) is 23.2 Å². The summed E-state index contributed by atoms with van der Waals surface area (Å²) in [6.45, 7) is 6.17. The van der Waals surface area contributed by atoms with Gasteiger partial charge in [-0.15, -0.1) is 10.1 Å². The molecule has 1 unspecified atom stereocenters. The fourth-order valence-electron chi connectivity index (χ4n) is 3.03. The smallest absolute Gasteiger partial charge is 0.337 e. The summed E-state index contributed by atoms with van der Waals surface area (Å²) >= 11 is 0. The van der Waals surface area contributed by atoms with Gasteiger partial charge in [-0.1, -0.05) is 0 Å². The van der Waals surface area contributed by atoms with Gasteiger partial charge in [0.2, 0.25) is 0 Å². The third-order valence-electron chi connectivity index (χ3n) is 4.10. The van der Waals surface area contributed by atoms with E-state index in [4.69, 9.17) is 9.47 Å². The summed E-state index contributed by atoms with van der Waals surface area (Å²) in [6, 6.07) is 3.39. The number of allylic oxidation sites excluding steroid dienone is 2. The van der Waals surface area contributed by atoms with Crippen LogP contribution in [0.25, 0.3) is 0 Å². The molecule has 0 saturated heterocycles. The second-order valence-corrected chi connectivity index (χ2v) is 6.56. The average Bonchev–Trinajstić information content (AvgIpc) is 2.64. The quantitative estimate of drug-likeness (QED) is 0.299. The average molecular weight is 405 g/mol. The number of carbonyl (C=O) groups is 2. The van der Waals surface area contributed by atoms with Crippen LogP contribution in [-0.4, -0.2) is 41.3 Å². The molecular weight excluding hydrogens is 382 g/mol. The first-order chi connectivity index (χ1) is 13.7. The monoisotopic (exact) mass is 405 g/mol. The summed E-state index contributed by atoms with van der Waals surface area (Å²) in [5, 5.41) is 12.3. The molecule has 1 aliphatic rings. The maximum atomic E-state index is 12.8. The molecule has 0 spiro atoms. The van der Waals surface area contributed by atoms with Crippen LogP contribution in [-0.2, 0) is 23.9 Å². The van der Waals surface area contributed by atoms with Crippen molar-refractivity contribution in [2.24, 2.45) is 0 Å². The topological polar surface area (TPSA) is 130 Å². The van der Waals surface area contributed by atoms with E-state index in [9.17, 15) is 19.7 Å². The number of aromatic nitrogens is 1. The molecule has 156 valence electrons. The van der Waals surface area contributed by atoms with Crippen LogP contribution in [0.4, 0.5) is 0 Å². The van der Waals surface area contributed by atoms with Crippen molar-refractivity contribution < 1.29 is 29.0 Å². The van der Waals surface area contributed by atoms with Crippen molar-refractivity contribution in [1.82, 2.24) is 10.3 Å². The van der Waals surface area contributed by atoms with Gasteiger partial charge in [0, 0.05) is 23.8 Å². The molecule has 1 N–H and O–H groups in total. The summed E-state index contributed by atoms with van der Waals surface area (Å²) < 4.78 is 10.5. The maximum absolute atomic E-state index is 12.8. The molecule has 0 radical (unpaired) electrons. The fourth-order valence-corrected chi connectivity index (χ4v) is 3.03. The molecule has 1 atom stereocenters. The number of nitrogens with zero attached hydrogens (tertiary/aromatic N) is 2. The van der Waals surface area contributed by atoms with Crippen molar-refractivity contribution in [1.29, 1.82) is 0 Å². The van der Waals surface area contributed by atoms with Crippen LogP contribution in [0.1, 0.15) is 39.2 Å². The Morgan fingerprint density at radius 1 is 1.14 bits per heavy atom. The number of dihydropyridines is 1. The van der Waals surface area contributed by atoms with Crippen LogP contribution >= 0.6 is 0 Å². The predicted molar refractivity (Wildman–Crippen MR) is 101 cm³/mol. The van der Waals surface area contributed by atoms with Crippen molar-refractivity contribution in [3.8, 4) is 0 Å². The Hall–Kier alpha value is -3.43. The minimum Gasteiger partial charge on any atom is -0.460 e. The molecular formula is C19H23N3O7. The number of esters is 2.